The van der Waals surface area contributed by atoms with Crippen molar-refractivity contribution < 1.29 is 13.5 Å². The molecule has 0 saturated heterocycles. The lowest BCUT2D eigenvalue weighted by Gasteiger charge is -2.17. The van der Waals surface area contributed by atoms with Crippen molar-refractivity contribution in [2.45, 2.75) is 13.2 Å². The molecule has 0 radical (unpaired) electrons. The Morgan fingerprint density at radius 1 is 1.37 bits per heavy atom. The van der Waals surface area contributed by atoms with Gasteiger partial charge in [-0.15, -0.1) is 0 Å². The topological polar surface area (TPSA) is 43.2 Å². The lowest BCUT2D eigenvalue weighted by Crippen LogP contribution is -2.17. The van der Waals surface area contributed by atoms with Gasteiger partial charge >= 0.3 is 6.61 Å². The van der Waals surface area contributed by atoms with E-state index >= 15 is 0 Å². The van der Waals surface area contributed by atoms with Crippen LogP contribution in [-0.4, -0.2) is 28.4 Å². The Bertz CT molecular complexity index is 527. The zero-order valence-corrected chi connectivity index (χ0v) is 10.6. The molecule has 0 unspecified atom stereocenters. The molecule has 0 amide bonds. The Labute approximate surface area is 109 Å². The highest BCUT2D eigenvalue weighted by molar-refractivity contribution is 5.40. The smallest absolute Gasteiger partial charge is 0.387 e. The van der Waals surface area contributed by atoms with Crippen molar-refractivity contribution in [3.8, 4) is 5.75 Å². The SMILES string of the molecule is CN(Cc1cnn(C)c1)c1ccc(OC(F)F)cn1. The second-order valence-electron chi connectivity index (χ2n) is 4.11. The number of rotatable bonds is 5. The van der Waals surface area contributed by atoms with Gasteiger partial charge in [0.15, 0.2) is 0 Å². The van der Waals surface area contributed by atoms with E-state index in [0.717, 1.165) is 5.56 Å². The third kappa shape index (κ3) is 3.64. The van der Waals surface area contributed by atoms with E-state index in [4.69, 9.17) is 0 Å². The average Bonchev–Trinajstić information content (AvgIpc) is 2.75. The van der Waals surface area contributed by atoms with Crippen LogP contribution in [0.1, 0.15) is 5.56 Å². The molecule has 0 fully saturated rings. The quantitative estimate of drug-likeness (QED) is 0.832. The molecule has 0 saturated carbocycles. The maximum Gasteiger partial charge on any atom is 0.387 e. The summed E-state index contributed by atoms with van der Waals surface area (Å²) < 4.78 is 30.0. The number of halogens is 2. The highest BCUT2D eigenvalue weighted by Crippen LogP contribution is 2.18. The van der Waals surface area contributed by atoms with Crippen LogP contribution < -0.4 is 9.64 Å². The maximum atomic E-state index is 12.0. The number of aromatic nitrogens is 3. The predicted molar refractivity (Wildman–Crippen MR) is 66.2 cm³/mol. The van der Waals surface area contributed by atoms with Crippen LogP contribution in [0.2, 0.25) is 0 Å². The van der Waals surface area contributed by atoms with Gasteiger partial charge in [-0.2, -0.15) is 13.9 Å². The molecule has 2 rings (SSSR count). The van der Waals surface area contributed by atoms with Crippen molar-refractivity contribution >= 4 is 5.82 Å². The van der Waals surface area contributed by atoms with Crippen LogP contribution in [0.25, 0.3) is 0 Å². The molecule has 5 nitrogen and oxygen atoms in total. The Morgan fingerprint density at radius 3 is 2.68 bits per heavy atom. The number of nitrogens with zero attached hydrogens (tertiary/aromatic N) is 4. The van der Waals surface area contributed by atoms with Crippen molar-refractivity contribution in [1.29, 1.82) is 0 Å². The molecule has 0 N–H and O–H groups in total. The van der Waals surface area contributed by atoms with Crippen molar-refractivity contribution in [2.24, 2.45) is 7.05 Å². The third-order valence-corrected chi connectivity index (χ3v) is 2.52. The number of pyridine rings is 1. The van der Waals surface area contributed by atoms with Crippen LogP contribution >= 0.6 is 0 Å². The van der Waals surface area contributed by atoms with E-state index in [1.54, 1.807) is 16.9 Å². The average molecular weight is 268 g/mol. The van der Waals surface area contributed by atoms with Crippen molar-refractivity contribution in [2.75, 3.05) is 11.9 Å². The molecule has 2 aromatic heterocycles. The summed E-state index contributed by atoms with van der Waals surface area (Å²) in [7, 11) is 3.71. The summed E-state index contributed by atoms with van der Waals surface area (Å²) in [5.74, 6) is 0.721. The van der Waals surface area contributed by atoms with Crippen LogP contribution in [0.15, 0.2) is 30.7 Å². The van der Waals surface area contributed by atoms with Gasteiger partial charge in [0.05, 0.1) is 12.4 Å². The number of hydrogen-bond donors (Lipinski definition) is 0. The third-order valence-electron chi connectivity index (χ3n) is 2.52. The first-order chi connectivity index (χ1) is 9.04. The highest BCUT2D eigenvalue weighted by atomic mass is 19.3. The molecule has 0 aromatic carbocycles. The van der Waals surface area contributed by atoms with Crippen LogP contribution in [0, 0.1) is 0 Å². The monoisotopic (exact) mass is 268 g/mol. The fourth-order valence-corrected chi connectivity index (χ4v) is 1.68. The van der Waals surface area contributed by atoms with Crippen LogP contribution in [0.5, 0.6) is 5.75 Å². The van der Waals surface area contributed by atoms with Crippen molar-refractivity contribution in [1.82, 2.24) is 14.8 Å². The number of aryl methyl sites for hydroxylation is 1. The lowest BCUT2D eigenvalue weighted by molar-refractivity contribution is -0.0500. The Kier molecular flexibility index (Phi) is 3.94. The van der Waals surface area contributed by atoms with Gasteiger partial charge in [0.1, 0.15) is 11.6 Å². The molecule has 7 heteroatoms. The van der Waals surface area contributed by atoms with Gasteiger partial charge in [-0.25, -0.2) is 4.98 Å². The molecular formula is C12H14F2N4O. The number of hydrogen-bond acceptors (Lipinski definition) is 4. The first-order valence-electron chi connectivity index (χ1n) is 5.64. The molecule has 0 aliphatic carbocycles. The minimum atomic E-state index is -2.83. The van der Waals surface area contributed by atoms with E-state index in [0.29, 0.717) is 12.4 Å². The highest BCUT2D eigenvalue weighted by Gasteiger charge is 2.07. The van der Waals surface area contributed by atoms with E-state index in [2.05, 4.69) is 14.8 Å². The van der Waals surface area contributed by atoms with Crippen molar-refractivity contribution in [3.63, 3.8) is 0 Å². The van der Waals surface area contributed by atoms with Crippen LogP contribution in [0.3, 0.4) is 0 Å². The van der Waals surface area contributed by atoms with Gasteiger partial charge in [0.2, 0.25) is 0 Å². The zero-order chi connectivity index (χ0) is 13.8. The number of ether oxygens (including phenoxy) is 1. The minimum Gasteiger partial charge on any atom is -0.433 e. The first-order valence-corrected chi connectivity index (χ1v) is 5.64. The summed E-state index contributed by atoms with van der Waals surface area (Å²) in [5.41, 5.74) is 1.04. The largest absolute Gasteiger partial charge is 0.433 e. The molecular weight excluding hydrogens is 254 g/mol. The summed E-state index contributed by atoms with van der Waals surface area (Å²) in [4.78, 5) is 5.97. The predicted octanol–water partition coefficient (Wildman–Crippen LogP) is 2.05. The van der Waals surface area contributed by atoms with Gasteiger partial charge < -0.3 is 9.64 Å². The van der Waals surface area contributed by atoms with E-state index in [9.17, 15) is 8.78 Å². The summed E-state index contributed by atoms with van der Waals surface area (Å²) in [6.45, 7) is -2.20. The molecule has 0 spiro atoms. The van der Waals surface area contributed by atoms with Gasteiger partial charge in [-0.3, -0.25) is 4.68 Å². The first kappa shape index (κ1) is 13.3. The molecule has 0 bridgehead atoms. The van der Waals surface area contributed by atoms with Gasteiger partial charge in [-0.05, 0) is 12.1 Å². The van der Waals surface area contributed by atoms with Crippen molar-refractivity contribution in [3.05, 3.63) is 36.3 Å². The summed E-state index contributed by atoms with van der Waals surface area (Å²) in [6, 6.07) is 3.10. The van der Waals surface area contributed by atoms with Gasteiger partial charge in [0, 0.05) is 32.4 Å². The number of alkyl halides is 2. The van der Waals surface area contributed by atoms with E-state index in [1.165, 1.54) is 12.3 Å². The normalized spacial score (nSPS) is 10.8. The maximum absolute atomic E-state index is 12.0. The Balaban J connectivity index is 2.01. The Hall–Kier alpha value is -2.18. The van der Waals surface area contributed by atoms with E-state index in [-0.39, 0.29) is 5.75 Å². The van der Waals surface area contributed by atoms with Gasteiger partial charge in [-0.1, -0.05) is 0 Å². The van der Waals surface area contributed by atoms with E-state index in [1.807, 2.05) is 25.2 Å². The van der Waals surface area contributed by atoms with E-state index < -0.39 is 6.61 Å². The molecule has 0 atom stereocenters. The fourth-order valence-electron chi connectivity index (χ4n) is 1.68. The molecule has 2 heterocycles. The van der Waals surface area contributed by atoms with Crippen LogP contribution in [0.4, 0.5) is 14.6 Å². The van der Waals surface area contributed by atoms with Gasteiger partial charge in [0.25, 0.3) is 0 Å². The fraction of sp³-hybridized carbons (Fsp3) is 0.333. The van der Waals surface area contributed by atoms with Crippen LogP contribution in [-0.2, 0) is 13.6 Å². The number of anilines is 1. The molecule has 2 aromatic rings. The molecule has 102 valence electrons. The Morgan fingerprint density at radius 2 is 2.16 bits per heavy atom. The molecule has 0 aliphatic rings. The zero-order valence-electron chi connectivity index (χ0n) is 10.6. The summed E-state index contributed by atoms with van der Waals surface area (Å²) >= 11 is 0. The standard InChI is InChI=1S/C12H14F2N4O/c1-17(7-9-5-16-18(2)8-9)11-4-3-10(6-15-11)19-12(13)14/h3-6,8,12H,7H2,1-2H3. The summed E-state index contributed by atoms with van der Waals surface area (Å²) in [5, 5.41) is 4.08. The molecule has 19 heavy (non-hydrogen) atoms. The molecule has 0 aliphatic heterocycles. The second-order valence-corrected chi connectivity index (χ2v) is 4.11. The lowest BCUT2D eigenvalue weighted by atomic mass is 10.3. The summed E-state index contributed by atoms with van der Waals surface area (Å²) in [6.07, 6.45) is 4.96. The minimum absolute atomic E-state index is 0.0496. The second kappa shape index (κ2) is 5.64.